The summed E-state index contributed by atoms with van der Waals surface area (Å²) in [7, 11) is -4.68. The number of hydrogen-bond donors (Lipinski definition) is 4. The Morgan fingerprint density at radius 1 is 0.960 bits per heavy atom. The molecule has 3 aromatic rings. The average Bonchev–Trinajstić information content (AvgIpc) is 2.55. The van der Waals surface area contributed by atoms with Gasteiger partial charge in [-0.2, -0.15) is 8.42 Å². The fraction of sp³-hybridized carbons (Fsp3) is 0. The largest absolute Gasteiger partial charge is 0.504 e. The second-order valence-electron chi connectivity index (χ2n) is 5.12. The summed E-state index contributed by atoms with van der Waals surface area (Å²) < 4.78 is 32.8. The Balaban J connectivity index is 0.00000225. The van der Waals surface area contributed by atoms with Gasteiger partial charge in [-0.15, -0.1) is 0 Å². The lowest BCUT2D eigenvalue weighted by atomic mass is 10.1. The van der Waals surface area contributed by atoms with Crippen LogP contribution in [-0.2, 0) is 10.1 Å². The zero-order valence-corrected chi connectivity index (χ0v) is 13.8. The SMILES string of the molecule is N.O=C(Nc1cc2ccccc2c(S(=O)(=O)O)c1O)c1ccccc1. The van der Waals surface area contributed by atoms with Gasteiger partial charge >= 0.3 is 0 Å². The van der Waals surface area contributed by atoms with E-state index in [1.807, 2.05) is 0 Å². The maximum atomic E-state index is 12.2. The van der Waals surface area contributed by atoms with Crippen LogP contribution < -0.4 is 11.5 Å². The lowest BCUT2D eigenvalue weighted by Crippen LogP contribution is -2.13. The third-order valence-electron chi connectivity index (χ3n) is 3.52. The van der Waals surface area contributed by atoms with Crippen LogP contribution in [0.3, 0.4) is 0 Å². The molecule has 0 saturated carbocycles. The van der Waals surface area contributed by atoms with Gasteiger partial charge in [0.15, 0.2) is 5.75 Å². The van der Waals surface area contributed by atoms with Crippen LogP contribution in [0.5, 0.6) is 5.75 Å². The van der Waals surface area contributed by atoms with Crippen LogP contribution >= 0.6 is 0 Å². The standard InChI is InChI=1S/C17H13NO5S.H3N/c19-15-14(18-17(20)11-6-2-1-3-7-11)10-12-8-4-5-9-13(12)16(15)24(21,22)23;/h1-10,19H,(H,18,20)(H,21,22,23);1H3. The second kappa shape index (κ2) is 6.89. The van der Waals surface area contributed by atoms with Crippen LogP contribution in [0.1, 0.15) is 10.4 Å². The number of phenols is 1. The maximum absolute atomic E-state index is 12.2. The lowest BCUT2D eigenvalue weighted by molar-refractivity contribution is 0.102. The van der Waals surface area contributed by atoms with Gasteiger partial charge in [-0.1, -0.05) is 42.5 Å². The normalized spacial score (nSPS) is 10.9. The molecule has 130 valence electrons. The van der Waals surface area contributed by atoms with E-state index < -0.39 is 26.7 Å². The van der Waals surface area contributed by atoms with Crippen molar-refractivity contribution in [3.63, 3.8) is 0 Å². The molecule has 0 aliphatic rings. The van der Waals surface area contributed by atoms with Crippen LogP contribution in [0.15, 0.2) is 65.6 Å². The molecule has 0 aromatic heterocycles. The third-order valence-corrected chi connectivity index (χ3v) is 4.45. The van der Waals surface area contributed by atoms with Gasteiger partial charge in [-0.25, -0.2) is 0 Å². The highest BCUT2D eigenvalue weighted by Gasteiger charge is 2.23. The molecule has 0 spiro atoms. The van der Waals surface area contributed by atoms with Crippen LogP contribution in [0, 0.1) is 0 Å². The molecule has 0 bridgehead atoms. The summed E-state index contributed by atoms with van der Waals surface area (Å²) in [6.07, 6.45) is 0. The highest BCUT2D eigenvalue weighted by atomic mass is 32.2. The van der Waals surface area contributed by atoms with Gasteiger partial charge in [-0.3, -0.25) is 9.35 Å². The zero-order chi connectivity index (χ0) is 17.3. The lowest BCUT2D eigenvalue weighted by Gasteiger charge is -2.13. The van der Waals surface area contributed by atoms with Gasteiger partial charge in [0.2, 0.25) is 0 Å². The predicted molar refractivity (Wildman–Crippen MR) is 94.8 cm³/mol. The molecule has 3 rings (SSSR count). The van der Waals surface area contributed by atoms with Gasteiger partial charge in [0.05, 0.1) is 5.69 Å². The Kier molecular flexibility index (Phi) is 5.07. The number of amides is 1. The number of benzene rings is 3. The molecule has 7 nitrogen and oxygen atoms in total. The Labute approximate surface area is 144 Å². The molecule has 25 heavy (non-hydrogen) atoms. The quantitative estimate of drug-likeness (QED) is 0.418. The maximum Gasteiger partial charge on any atom is 0.298 e. The zero-order valence-electron chi connectivity index (χ0n) is 13.0. The number of rotatable bonds is 3. The average molecular weight is 360 g/mol. The van der Waals surface area contributed by atoms with Crippen molar-refractivity contribution in [1.29, 1.82) is 0 Å². The van der Waals surface area contributed by atoms with E-state index in [0.717, 1.165) is 0 Å². The molecule has 0 fully saturated rings. The van der Waals surface area contributed by atoms with Gasteiger partial charge in [0, 0.05) is 10.9 Å². The highest BCUT2D eigenvalue weighted by Crippen LogP contribution is 2.38. The van der Waals surface area contributed by atoms with Crippen LogP contribution in [-0.4, -0.2) is 24.0 Å². The minimum Gasteiger partial charge on any atom is -0.504 e. The summed E-state index contributed by atoms with van der Waals surface area (Å²) in [5.41, 5.74) is 0.244. The number of carbonyl (C=O) groups is 1. The van der Waals surface area contributed by atoms with E-state index in [9.17, 15) is 22.9 Å². The first-order valence-corrected chi connectivity index (χ1v) is 8.40. The summed E-state index contributed by atoms with van der Waals surface area (Å²) in [5.74, 6) is -1.22. The number of anilines is 1. The van der Waals surface area contributed by atoms with Crippen molar-refractivity contribution in [2.45, 2.75) is 4.90 Å². The number of fused-ring (bicyclic) bond motifs is 1. The molecular formula is C17H16N2O5S. The number of nitrogens with one attached hydrogen (secondary N) is 1. The topological polar surface area (TPSA) is 139 Å². The summed E-state index contributed by atoms with van der Waals surface area (Å²) in [5, 5.41) is 13.3. The smallest absolute Gasteiger partial charge is 0.298 e. The van der Waals surface area contributed by atoms with Gasteiger partial charge in [0.1, 0.15) is 4.90 Å². The number of hydrogen-bond acceptors (Lipinski definition) is 5. The van der Waals surface area contributed by atoms with E-state index in [-0.39, 0.29) is 17.2 Å². The van der Waals surface area contributed by atoms with Crippen molar-refractivity contribution < 1.29 is 22.9 Å². The second-order valence-corrected chi connectivity index (χ2v) is 6.48. The first kappa shape index (κ1) is 18.4. The number of carbonyl (C=O) groups excluding carboxylic acids is 1. The highest BCUT2D eigenvalue weighted by molar-refractivity contribution is 7.86. The minimum atomic E-state index is -4.68. The Morgan fingerprint density at radius 2 is 1.56 bits per heavy atom. The molecule has 0 heterocycles. The monoisotopic (exact) mass is 360 g/mol. The van der Waals surface area contributed by atoms with E-state index in [2.05, 4.69) is 5.32 Å². The molecular weight excluding hydrogens is 344 g/mol. The fourth-order valence-electron chi connectivity index (χ4n) is 2.44. The van der Waals surface area contributed by atoms with Crippen molar-refractivity contribution >= 4 is 32.5 Å². The first-order valence-electron chi connectivity index (χ1n) is 6.96. The fourth-order valence-corrected chi connectivity index (χ4v) is 3.26. The van der Waals surface area contributed by atoms with E-state index >= 15 is 0 Å². The molecule has 0 aliphatic carbocycles. The summed E-state index contributed by atoms with van der Waals surface area (Å²) in [6, 6.07) is 16.0. The molecule has 1 amide bonds. The Hall–Kier alpha value is -2.94. The van der Waals surface area contributed by atoms with Crippen molar-refractivity contribution in [1.82, 2.24) is 6.15 Å². The van der Waals surface area contributed by atoms with E-state index in [0.29, 0.717) is 10.9 Å². The van der Waals surface area contributed by atoms with E-state index in [4.69, 9.17) is 0 Å². The molecule has 8 heteroatoms. The summed E-state index contributed by atoms with van der Waals surface area (Å²) in [6.45, 7) is 0. The molecule has 0 saturated heterocycles. The molecule has 3 aromatic carbocycles. The van der Waals surface area contributed by atoms with Crippen LogP contribution in [0.2, 0.25) is 0 Å². The van der Waals surface area contributed by atoms with Crippen LogP contribution in [0.4, 0.5) is 5.69 Å². The van der Waals surface area contributed by atoms with Crippen molar-refractivity contribution in [2.75, 3.05) is 5.32 Å². The van der Waals surface area contributed by atoms with Crippen LogP contribution in [0.25, 0.3) is 10.8 Å². The Bertz CT molecular complexity index is 1030. The first-order chi connectivity index (χ1) is 11.4. The van der Waals surface area contributed by atoms with Gasteiger partial charge in [0.25, 0.3) is 16.0 Å². The van der Waals surface area contributed by atoms with Crippen molar-refractivity contribution in [3.05, 3.63) is 66.2 Å². The van der Waals surface area contributed by atoms with Gasteiger partial charge in [-0.05, 0) is 23.6 Å². The molecule has 0 radical (unpaired) electrons. The summed E-state index contributed by atoms with van der Waals surface area (Å²) >= 11 is 0. The predicted octanol–water partition coefficient (Wildman–Crippen LogP) is 3.21. The van der Waals surface area contributed by atoms with E-state index in [1.54, 1.807) is 48.5 Å². The van der Waals surface area contributed by atoms with Gasteiger partial charge < -0.3 is 16.6 Å². The van der Waals surface area contributed by atoms with Crippen molar-refractivity contribution in [3.8, 4) is 5.75 Å². The molecule has 0 aliphatic heterocycles. The number of phenolic OH excluding ortho intramolecular Hbond substituents is 1. The molecule has 0 unspecified atom stereocenters. The molecule has 0 atom stereocenters. The van der Waals surface area contributed by atoms with Crippen molar-refractivity contribution in [2.24, 2.45) is 0 Å². The minimum absolute atomic E-state index is 0. The number of aromatic hydroxyl groups is 1. The van der Waals surface area contributed by atoms with E-state index in [1.165, 1.54) is 12.1 Å². The summed E-state index contributed by atoms with van der Waals surface area (Å²) in [4.78, 5) is 11.6. The molecule has 6 N–H and O–H groups in total. The third kappa shape index (κ3) is 3.61. The Morgan fingerprint density at radius 3 is 2.20 bits per heavy atom.